The van der Waals surface area contributed by atoms with Crippen LogP contribution in [0.1, 0.15) is 11.4 Å². The number of aromatic nitrogens is 2. The summed E-state index contributed by atoms with van der Waals surface area (Å²) < 4.78 is 8.46. The van der Waals surface area contributed by atoms with Crippen LogP contribution in [0.3, 0.4) is 0 Å². The van der Waals surface area contributed by atoms with Gasteiger partial charge in [-0.2, -0.15) is 4.37 Å². The number of carbonyl (C=O) groups excluding carboxylic acids is 2. The van der Waals surface area contributed by atoms with E-state index in [4.69, 9.17) is 0 Å². The fourth-order valence-electron chi connectivity index (χ4n) is 1.75. The van der Waals surface area contributed by atoms with Crippen LogP contribution in [0, 0.1) is 0 Å². The largest absolute Gasteiger partial charge is 0.469 e. The smallest absolute Gasteiger partial charge is 0.307 e. The zero-order valence-electron chi connectivity index (χ0n) is 12.0. The summed E-state index contributed by atoms with van der Waals surface area (Å²) in [6.07, 6.45) is 7.47. The molecule has 0 atom stereocenters. The molecule has 0 unspecified atom stereocenters. The molecule has 2 rings (SSSR count). The highest BCUT2D eigenvalue weighted by molar-refractivity contribution is 8.93. The Labute approximate surface area is 143 Å². The molecule has 1 N–H and O–H groups in total. The van der Waals surface area contributed by atoms with Crippen LogP contribution < -0.4 is 5.32 Å². The summed E-state index contributed by atoms with van der Waals surface area (Å²) in [7, 11) is 1.32. The molecule has 2 heterocycles. The van der Waals surface area contributed by atoms with Gasteiger partial charge in [-0.05, 0) is 17.6 Å². The maximum atomic E-state index is 11.7. The minimum absolute atomic E-state index is 0. The van der Waals surface area contributed by atoms with Crippen molar-refractivity contribution < 1.29 is 14.3 Å². The summed E-state index contributed by atoms with van der Waals surface area (Å²) in [5.74, 6) is -0.464. The number of allylic oxidation sites excluding steroid dienone is 2. The van der Waals surface area contributed by atoms with Crippen molar-refractivity contribution in [2.75, 3.05) is 26.7 Å². The highest BCUT2D eigenvalue weighted by Crippen LogP contribution is 2.19. The average molecular weight is 389 g/mol. The SMILES string of the molecule is Br.COC(=O)CCNC(=O)CN1C=CC(c2ncns2)=CC1. The van der Waals surface area contributed by atoms with Crippen molar-refractivity contribution >= 4 is 46.0 Å². The minimum atomic E-state index is -0.335. The first-order valence-electron chi connectivity index (χ1n) is 6.42. The normalized spacial score (nSPS) is 13.1. The molecule has 1 aliphatic heterocycles. The van der Waals surface area contributed by atoms with Crippen LogP contribution in [-0.2, 0) is 14.3 Å². The molecule has 120 valence electrons. The minimum Gasteiger partial charge on any atom is -0.469 e. The van der Waals surface area contributed by atoms with Crippen LogP contribution in [-0.4, -0.2) is 52.9 Å². The van der Waals surface area contributed by atoms with Crippen LogP contribution in [0.15, 0.2) is 24.7 Å². The van der Waals surface area contributed by atoms with Gasteiger partial charge >= 0.3 is 5.97 Å². The third-order valence-corrected chi connectivity index (χ3v) is 3.56. The Kier molecular flexibility index (Phi) is 7.75. The summed E-state index contributed by atoms with van der Waals surface area (Å²) in [6, 6.07) is 0. The number of methoxy groups -OCH3 is 1. The van der Waals surface area contributed by atoms with E-state index in [-0.39, 0.29) is 48.4 Å². The third-order valence-electron chi connectivity index (χ3n) is 2.84. The Morgan fingerprint density at radius 3 is 2.91 bits per heavy atom. The van der Waals surface area contributed by atoms with Gasteiger partial charge in [0, 0.05) is 24.9 Å². The number of amides is 1. The summed E-state index contributed by atoms with van der Waals surface area (Å²) in [5, 5.41) is 3.55. The van der Waals surface area contributed by atoms with E-state index >= 15 is 0 Å². The first-order chi connectivity index (χ1) is 10.2. The summed E-state index contributed by atoms with van der Waals surface area (Å²) >= 11 is 1.34. The molecule has 1 aromatic rings. The van der Waals surface area contributed by atoms with Crippen molar-refractivity contribution in [1.29, 1.82) is 0 Å². The van der Waals surface area contributed by atoms with Crippen molar-refractivity contribution in [3.63, 3.8) is 0 Å². The number of halogens is 1. The molecule has 1 aliphatic rings. The molecule has 0 aromatic carbocycles. The molecule has 0 radical (unpaired) electrons. The highest BCUT2D eigenvalue weighted by Gasteiger charge is 2.12. The van der Waals surface area contributed by atoms with Crippen LogP contribution in [0.4, 0.5) is 0 Å². The van der Waals surface area contributed by atoms with Crippen LogP contribution in [0.5, 0.6) is 0 Å². The summed E-state index contributed by atoms with van der Waals surface area (Å²) in [6.45, 7) is 1.17. The van der Waals surface area contributed by atoms with Crippen molar-refractivity contribution in [1.82, 2.24) is 19.6 Å². The molecular formula is C13H17BrN4O3S. The Hall–Kier alpha value is -1.74. The predicted octanol–water partition coefficient (Wildman–Crippen LogP) is 1.01. The van der Waals surface area contributed by atoms with E-state index in [1.807, 2.05) is 23.3 Å². The van der Waals surface area contributed by atoms with Gasteiger partial charge in [0.25, 0.3) is 0 Å². The van der Waals surface area contributed by atoms with Gasteiger partial charge in [-0.3, -0.25) is 9.59 Å². The van der Waals surface area contributed by atoms with E-state index in [9.17, 15) is 9.59 Å². The fourth-order valence-corrected chi connectivity index (χ4v) is 2.30. The van der Waals surface area contributed by atoms with E-state index in [0.717, 1.165) is 10.6 Å². The van der Waals surface area contributed by atoms with Gasteiger partial charge in [-0.25, -0.2) is 4.98 Å². The van der Waals surface area contributed by atoms with Gasteiger partial charge in [-0.15, -0.1) is 17.0 Å². The molecule has 0 fully saturated rings. The van der Waals surface area contributed by atoms with Gasteiger partial charge in [0.05, 0.1) is 20.1 Å². The Bertz CT molecular complexity index is 560. The zero-order chi connectivity index (χ0) is 15.1. The predicted molar refractivity (Wildman–Crippen MR) is 88.6 cm³/mol. The maximum Gasteiger partial charge on any atom is 0.307 e. The third kappa shape index (κ3) is 5.57. The van der Waals surface area contributed by atoms with Crippen LogP contribution >= 0.6 is 28.5 Å². The molecule has 1 amide bonds. The molecule has 22 heavy (non-hydrogen) atoms. The van der Waals surface area contributed by atoms with Crippen molar-refractivity contribution in [3.8, 4) is 0 Å². The standard InChI is InChI=1S/C13H16N4O3S.BrH/c1-20-12(19)2-5-14-11(18)8-17-6-3-10(4-7-17)13-15-9-16-21-13;/h3-4,6,9H,2,5,7-8H2,1H3,(H,14,18);1H. The lowest BCUT2D eigenvalue weighted by atomic mass is 10.2. The van der Waals surface area contributed by atoms with Gasteiger partial charge in [0.15, 0.2) is 0 Å². The first-order valence-corrected chi connectivity index (χ1v) is 7.19. The van der Waals surface area contributed by atoms with Gasteiger partial charge < -0.3 is 15.0 Å². The van der Waals surface area contributed by atoms with Crippen LogP contribution in [0.2, 0.25) is 0 Å². The lowest BCUT2D eigenvalue weighted by Gasteiger charge is -2.21. The summed E-state index contributed by atoms with van der Waals surface area (Å²) in [4.78, 5) is 28.6. The molecule has 0 bridgehead atoms. The van der Waals surface area contributed by atoms with E-state index in [0.29, 0.717) is 6.54 Å². The quantitative estimate of drug-likeness (QED) is 0.732. The number of nitrogens with one attached hydrogen (secondary N) is 1. The fraction of sp³-hybridized carbons (Fsp3) is 0.385. The molecule has 0 spiro atoms. The zero-order valence-corrected chi connectivity index (χ0v) is 14.6. The monoisotopic (exact) mass is 388 g/mol. The molecule has 0 saturated carbocycles. The van der Waals surface area contributed by atoms with E-state index in [1.54, 1.807) is 0 Å². The summed E-state index contributed by atoms with van der Waals surface area (Å²) in [5.41, 5.74) is 1.01. The number of ether oxygens (including phenoxy) is 1. The lowest BCUT2D eigenvalue weighted by Crippen LogP contribution is -2.36. The number of esters is 1. The number of nitrogens with zero attached hydrogens (tertiary/aromatic N) is 3. The molecule has 1 aromatic heterocycles. The van der Waals surface area contributed by atoms with Gasteiger partial charge in [0.2, 0.25) is 5.91 Å². The Morgan fingerprint density at radius 1 is 1.50 bits per heavy atom. The van der Waals surface area contributed by atoms with E-state index in [1.165, 1.54) is 25.0 Å². The number of rotatable bonds is 6. The van der Waals surface area contributed by atoms with E-state index in [2.05, 4.69) is 19.4 Å². The first kappa shape index (κ1) is 18.3. The second kappa shape index (κ2) is 9.31. The Balaban J connectivity index is 0.00000242. The van der Waals surface area contributed by atoms with Gasteiger partial charge in [-0.1, -0.05) is 6.08 Å². The average Bonchev–Trinajstić information content (AvgIpc) is 3.02. The number of carbonyl (C=O) groups is 2. The molecule has 9 heteroatoms. The van der Waals surface area contributed by atoms with Crippen molar-refractivity contribution in [3.05, 3.63) is 29.7 Å². The molecular weight excluding hydrogens is 372 g/mol. The van der Waals surface area contributed by atoms with Crippen LogP contribution in [0.25, 0.3) is 5.57 Å². The molecule has 0 aliphatic carbocycles. The number of hydrogen-bond acceptors (Lipinski definition) is 7. The second-order valence-electron chi connectivity index (χ2n) is 4.33. The molecule has 7 nitrogen and oxygen atoms in total. The van der Waals surface area contributed by atoms with Gasteiger partial charge in [0.1, 0.15) is 11.3 Å². The second-order valence-corrected chi connectivity index (χ2v) is 5.11. The highest BCUT2D eigenvalue weighted by atomic mass is 79.9. The number of hydrogen-bond donors (Lipinski definition) is 1. The Morgan fingerprint density at radius 2 is 2.32 bits per heavy atom. The lowest BCUT2D eigenvalue weighted by molar-refractivity contribution is -0.140. The maximum absolute atomic E-state index is 11.7. The topological polar surface area (TPSA) is 84.4 Å². The van der Waals surface area contributed by atoms with Crippen molar-refractivity contribution in [2.24, 2.45) is 0 Å². The molecule has 0 saturated heterocycles. The van der Waals surface area contributed by atoms with E-state index < -0.39 is 0 Å². The van der Waals surface area contributed by atoms with Crippen molar-refractivity contribution in [2.45, 2.75) is 6.42 Å².